The van der Waals surface area contributed by atoms with Gasteiger partial charge < -0.3 is 33.5 Å². The van der Waals surface area contributed by atoms with Gasteiger partial charge in [0.05, 0.1) is 43.0 Å². The number of fused-ring (bicyclic) bond motifs is 4. The third-order valence-corrected chi connectivity index (χ3v) is 46.0. The second-order valence-electron chi connectivity index (χ2n) is 41.2. The maximum atomic E-state index is 11.9. The number of carbonyl (C=O) groups is 1. The van der Waals surface area contributed by atoms with E-state index in [-0.39, 0.29) is 5.78 Å². The molecule has 6 saturated carbocycles. The maximum Gasteiger partial charge on any atom is 0.204 e. The highest BCUT2D eigenvalue weighted by atomic mass is 32.2. The minimum absolute atomic E-state index is 0.142. The van der Waals surface area contributed by atoms with Crippen molar-refractivity contribution in [2.45, 2.75) is 358 Å². The van der Waals surface area contributed by atoms with Gasteiger partial charge in [0.25, 0.3) is 0 Å². The number of Topliss-reactive ketones (excluding diaryl/α,β-unsaturated/α-hetero) is 1. The normalized spacial score (nSPS) is 20.6. The molecule has 10 aromatic carbocycles. The molecule has 6 saturated heterocycles. The van der Waals surface area contributed by atoms with Gasteiger partial charge in [-0.15, -0.1) is 0 Å². The number of benzene rings is 10. The highest BCUT2D eigenvalue weighted by molar-refractivity contribution is 7.98. The summed E-state index contributed by atoms with van der Waals surface area (Å²) in [4.78, 5) is 21.0. The lowest BCUT2D eigenvalue weighted by Crippen LogP contribution is -2.20. The van der Waals surface area contributed by atoms with Gasteiger partial charge in [-0.05, 0) is 377 Å². The van der Waals surface area contributed by atoms with Crippen LogP contribution in [0.1, 0.15) is 311 Å². The molecule has 0 amide bonds. The summed E-state index contributed by atoms with van der Waals surface area (Å²) < 4.78 is 38.5. The third-order valence-electron chi connectivity index (χ3n) is 30.9. The van der Waals surface area contributed by atoms with E-state index in [9.17, 15) is 9.90 Å². The smallest absolute Gasteiger partial charge is 0.204 e. The Balaban J connectivity index is 0.000000114. The topological polar surface area (TPSA) is 92.7 Å². The molecule has 6 aliphatic carbocycles. The fourth-order valence-electron chi connectivity index (χ4n) is 22.7. The van der Waals surface area contributed by atoms with E-state index in [1.165, 1.54) is 414 Å². The van der Waals surface area contributed by atoms with Crippen molar-refractivity contribution < 1.29 is 38.3 Å². The first-order valence-electron chi connectivity index (χ1n) is 54.0. The zero-order chi connectivity index (χ0) is 92.3. The second-order valence-corrected chi connectivity index (χ2v) is 54.7. The number of aryl methyl sites for hydroxylation is 2. The van der Waals surface area contributed by atoms with Crippen molar-refractivity contribution in [1.82, 2.24) is 0 Å². The molecule has 12 aliphatic rings. The number of carbonyl (C=O) groups excluding carboxylic acids is 1. The van der Waals surface area contributed by atoms with E-state index in [0.717, 1.165) is 76.4 Å². The zero-order valence-corrected chi connectivity index (χ0v) is 87.7. The second kappa shape index (κ2) is 51.9. The van der Waals surface area contributed by atoms with Crippen LogP contribution in [0, 0.1) is 31.6 Å². The average molecular weight is 1940 g/mol. The Bertz CT molecular complexity index is 5300. The van der Waals surface area contributed by atoms with Gasteiger partial charge in [-0.25, -0.2) is 0 Å². The van der Waals surface area contributed by atoms with Gasteiger partial charge in [-0.3, -0.25) is 4.79 Å². The van der Waals surface area contributed by atoms with Crippen molar-refractivity contribution in [3.8, 4) is 40.2 Å². The number of hydrogen-bond donors (Lipinski definition) is 1. The lowest BCUT2D eigenvalue weighted by molar-refractivity contribution is 0.101. The molecule has 14 heteroatoms. The molecule has 8 nitrogen and oxygen atoms in total. The van der Waals surface area contributed by atoms with Gasteiger partial charge in [0.15, 0.2) is 36.0 Å². The molecule has 6 aliphatic heterocycles. The molecule has 22 rings (SSSR count). The monoisotopic (exact) mass is 1940 g/mol. The fraction of sp³-hybridized carbons (Fsp3) is 0.562. The molecular weight excluding hydrogens is 1770 g/mol. The number of phenolic OH excluding ortho intramolecular Hbond substituents is 1. The Hall–Kier alpha value is -6.39. The summed E-state index contributed by atoms with van der Waals surface area (Å²) >= 11 is 0. The molecule has 724 valence electrons. The van der Waals surface area contributed by atoms with Crippen molar-refractivity contribution >= 4 is 114 Å². The molecule has 1 N–H and O–H groups in total. The lowest BCUT2D eigenvalue weighted by atomic mass is 9.90. The zero-order valence-electron chi connectivity index (χ0n) is 82.8. The largest absolute Gasteiger partial charge is 0.507 e. The summed E-state index contributed by atoms with van der Waals surface area (Å²) in [5.74, 6) is 25.7. The first-order chi connectivity index (χ1) is 66.4. The van der Waals surface area contributed by atoms with Crippen molar-refractivity contribution in [1.29, 1.82) is 0 Å². The summed E-state index contributed by atoms with van der Waals surface area (Å²) in [5, 5.41) is 20.3. The Labute approximate surface area is 830 Å². The molecule has 0 radical (unpaired) electrons. The summed E-state index contributed by atoms with van der Waals surface area (Å²) in [7, 11) is 2.52. The van der Waals surface area contributed by atoms with Crippen LogP contribution in [0.15, 0.2) is 199 Å². The van der Waals surface area contributed by atoms with Crippen LogP contribution in [-0.2, 0) is 65.4 Å². The van der Waals surface area contributed by atoms with E-state index < -0.39 is 0 Å². The minimum Gasteiger partial charge on any atom is -0.507 e. The van der Waals surface area contributed by atoms with Gasteiger partial charge in [-0.1, -0.05) is 131 Å². The Morgan fingerprint density at radius 3 is 1.26 bits per heavy atom. The first kappa shape index (κ1) is 100. The number of rotatable bonds is 22. The molecule has 135 heavy (non-hydrogen) atoms. The molecule has 0 aromatic heterocycles. The van der Waals surface area contributed by atoms with Crippen molar-refractivity contribution in [2.75, 3.05) is 82.2 Å². The maximum absolute atomic E-state index is 11.9. The van der Waals surface area contributed by atoms with E-state index in [1.54, 1.807) is 16.7 Å². The highest BCUT2D eigenvalue weighted by Crippen LogP contribution is 2.46. The molecular formula is C121H162O8S6+6. The van der Waals surface area contributed by atoms with Gasteiger partial charge in [-0.2, -0.15) is 0 Å². The molecule has 0 bridgehead atoms. The molecule has 10 aromatic rings. The third kappa shape index (κ3) is 28.1. The van der Waals surface area contributed by atoms with Crippen LogP contribution in [0.25, 0.3) is 43.1 Å². The van der Waals surface area contributed by atoms with Gasteiger partial charge in [0.1, 0.15) is 104 Å². The lowest BCUT2D eigenvalue weighted by Gasteiger charge is -2.24. The highest BCUT2D eigenvalue weighted by Gasteiger charge is 2.39. The van der Waals surface area contributed by atoms with Crippen LogP contribution in [0.5, 0.6) is 40.2 Å². The van der Waals surface area contributed by atoms with Gasteiger partial charge in [0.2, 0.25) is 4.90 Å². The summed E-state index contributed by atoms with van der Waals surface area (Å²) in [6.45, 7) is 9.72. The van der Waals surface area contributed by atoms with Crippen molar-refractivity contribution in [3.05, 3.63) is 187 Å². The molecule has 1 unspecified atom stereocenters. The number of phenols is 1. The minimum atomic E-state index is 0.142. The van der Waals surface area contributed by atoms with E-state index in [2.05, 4.69) is 171 Å². The standard InChI is InChI=1S/C28H39O2S.C23H29O2S.C21H27OS.C19H23OS.C17H25OS.C13H18OS/c1-2-6-13-22(12-5-1)29-25-18-19-27(31-20-9-10-21-31)28-24(25)16-11-17-26(28)30-23-14-7-3-4-8-15-23;1-17(24)18-10-11-20-21(16-18)23(26-14-6-3-7-15-26)13-12-22(20)25-19-8-4-2-5-9-19;1-2-8-17(9-3-1)16-22-20-12-13-21(23-14-6-7-15-23)19-11-5-4-10-18(19)20;1-14(15-8-9-15)20-18-11-10-16-6-2-3-7-17(16)19(18)21-12-4-5-13-21;1-2-6-15(7-3-1)14-18-16-8-10-17(11-9-16)19-12-4-5-13-19;1-10-8-12(9-11(2)13(10)14)15-6-4-3-5-7-15/h11,16-19,22-23H,1-10,12-15,20-21H2;10-13,16,19H,2-9,14-15H2,1H3;4-5,10-13,17H,1-3,6-9,14-16H2;2-3,6-7,10-11,14-15H,4-5,8-9,12-13H2,1H3;8-11,15H,1-7,12-14H2;8-9H,3-7H2,1-2H3/q5*+1;/p+1. The molecule has 6 heterocycles. The van der Waals surface area contributed by atoms with Gasteiger partial charge in [0, 0.05) is 103 Å². The van der Waals surface area contributed by atoms with Crippen LogP contribution >= 0.6 is 0 Å². The van der Waals surface area contributed by atoms with Crippen molar-refractivity contribution in [3.63, 3.8) is 0 Å². The van der Waals surface area contributed by atoms with Gasteiger partial charge >= 0.3 is 0 Å². The summed E-state index contributed by atoms with van der Waals surface area (Å²) in [6, 6.07) is 62.1. The predicted molar refractivity (Wildman–Crippen MR) is 585 cm³/mol. The number of hydrogen-bond acceptors (Lipinski definition) is 8. The Morgan fingerprint density at radius 1 is 0.326 bits per heavy atom. The Kier molecular flexibility index (Phi) is 38.5. The van der Waals surface area contributed by atoms with Crippen LogP contribution in [0.2, 0.25) is 0 Å². The van der Waals surface area contributed by atoms with Crippen molar-refractivity contribution in [2.24, 2.45) is 17.8 Å². The quantitative estimate of drug-likeness (QED) is 0.0408. The van der Waals surface area contributed by atoms with E-state index >= 15 is 0 Å². The van der Waals surface area contributed by atoms with E-state index in [0.29, 0.717) is 95.5 Å². The summed E-state index contributed by atoms with van der Waals surface area (Å²) in [6.07, 6.45) is 59.0. The van der Waals surface area contributed by atoms with Crippen LogP contribution in [-0.4, -0.2) is 118 Å². The fourth-order valence-corrected chi connectivity index (χ4v) is 37.6. The first-order valence-corrected chi connectivity index (χ1v) is 63.4. The summed E-state index contributed by atoms with van der Waals surface area (Å²) in [5.41, 5.74) is 2.88. The molecule has 1 atom stereocenters. The number of ether oxygens (including phenoxy) is 6. The molecule has 0 spiro atoms. The SMILES string of the molecule is CC(=O)c1ccc2c(OC3CCCCC3)ccc([S+]3CCCCC3)c2c1.CC(Oc1ccc2ccccc2c1[S+]1CCCC1)C1CC1.Cc1cc([S+]2CCCCC2)cc(C)c1O.c1cc(OC2CCCCCC2)c2c([S+]3CCCC3)ccc(OC3CCCCCC3)c2c1.c1cc([S+]2CCCC2)ccc1OCC1CCCCC1.c1ccc2c([S+]3CCCC3)ccc(OCC3CCCCC3)c2c1. The Morgan fingerprint density at radius 2 is 0.726 bits per heavy atom. The number of ketones is 1. The van der Waals surface area contributed by atoms with Crippen LogP contribution in [0.3, 0.4) is 0 Å². The number of aromatic hydroxyl groups is 1. The van der Waals surface area contributed by atoms with E-state index in [1.807, 2.05) is 19.9 Å². The predicted octanol–water partition coefficient (Wildman–Crippen LogP) is 31.7. The van der Waals surface area contributed by atoms with E-state index in [4.69, 9.17) is 28.4 Å². The van der Waals surface area contributed by atoms with Crippen LogP contribution < -0.4 is 28.4 Å². The molecule has 12 fully saturated rings. The average Bonchev–Trinajstić information content (AvgIpc) is 1.67. The van der Waals surface area contributed by atoms with Crippen LogP contribution in [0.4, 0.5) is 0 Å².